The highest BCUT2D eigenvalue weighted by molar-refractivity contribution is 7.89. The zero-order valence-electron chi connectivity index (χ0n) is 18.7. The molecule has 0 aliphatic carbocycles. The molecule has 2 aromatic carbocycles. The van der Waals surface area contributed by atoms with Gasteiger partial charge in [-0.1, -0.05) is 36.4 Å². The Labute approximate surface area is 186 Å². The largest absolute Gasteiger partial charge is 0.369 e. The number of benzene rings is 2. The number of nitrogens with one attached hydrogen (secondary N) is 3. The molecule has 1 unspecified atom stereocenters. The third-order valence-electron chi connectivity index (χ3n) is 5.02. The molecule has 31 heavy (non-hydrogen) atoms. The van der Waals surface area contributed by atoms with Gasteiger partial charge in [0.15, 0.2) is 5.96 Å². The predicted octanol–water partition coefficient (Wildman–Crippen LogP) is 2.71. The molecule has 0 aromatic heterocycles. The van der Waals surface area contributed by atoms with E-state index < -0.39 is 15.6 Å². The standard InChI is InChI=1S/C23H33N5O2S/c1-23(2,3)27-31(29,30)21-13-9-8-10-18(21)16-25-22(24-4)26-19-14-15-28(17-19)20-11-6-5-7-12-20/h5-13,19,27H,14-17H2,1-4H3,(H2,24,25,26). The number of sulfonamides is 1. The molecule has 0 bridgehead atoms. The molecule has 1 atom stereocenters. The molecule has 0 saturated carbocycles. The molecule has 1 fully saturated rings. The molecule has 1 saturated heterocycles. The zero-order chi connectivity index (χ0) is 22.5. The summed E-state index contributed by atoms with van der Waals surface area (Å²) in [4.78, 5) is 6.96. The summed E-state index contributed by atoms with van der Waals surface area (Å²) in [6.45, 7) is 7.73. The lowest BCUT2D eigenvalue weighted by Crippen LogP contribution is -2.44. The van der Waals surface area contributed by atoms with E-state index in [9.17, 15) is 8.42 Å². The van der Waals surface area contributed by atoms with Crippen molar-refractivity contribution < 1.29 is 8.42 Å². The Morgan fingerprint density at radius 3 is 2.45 bits per heavy atom. The van der Waals surface area contributed by atoms with Crippen LogP contribution in [0.25, 0.3) is 0 Å². The molecule has 1 aliphatic heterocycles. The molecular weight excluding hydrogens is 410 g/mol. The van der Waals surface area contributed by atoms with Crippen LogP contribution in [0.5, 0.6) is 0 Å². The van der Waals surface area contributed by atoms with Crippen LogP contribution in [-0.4, -0.2) is 46.1 Å². The Morgan fingerprint density at radius 1 is 1.10 bits per heavy atom. The fraction of sp³-hybridized carbons (Fsp3) is 0.435. The van der Waals surface area contributed by atoms with E-state index in [1.807, 2.05) is 39.0 Å². The van der Waals surface area contributed by atoms with E-state index in [1.165, 1.54) is 5.69 Å². The molecular formula is C23H33N5O2S. The van der Waals surface area contributed by atoms with Crippen molar-refractivity contribution in [2.24, 2.45) is 4.99 Å². The highest BCUT2D eigenvalue weighted by Gasteiger charge is 2.25. The van der Waals surface area contributed by atoms with Gasteiger partial charge in [0.2, 0.25) is 10.0 Å². The van der Waals surface area contributed by atoms with Crippen molar-refractivity contribution in [3.05, 3.63) is 60.2 Å². The number of hydrogen-bond acceptors (Lipinski definition) is 4. The van der Waals surface area contributed by atoms with Gasteiger partial charge >= 0.3 is 0 Å². The Balaban J connectivity index is 1.62. The average molecular weight is 444 g/mol. The maximum Gasteiger partial charge on any atom is 0.241 e. The van der Waals surface area contributed by atoms with Crippen LogP contribution in [0.1, 0.15) is 32.8 Å². The minimum Gasteiger partial charge on any atom is -0.369 e. The van der Waals surface area contributed by atoms with Crippen molar-refractivity contribution in [2.45, 2.75) is 50.2 Å². The highest BCUT2D eigenvalue weighted by Crippen LogP contribution is 2.20. The van der Waals surface area contributed by atoms with Crippen LogP contribution in [0.4, 0.5) is 5.69 Å². The number of nitrogens with zero attached hydrogens (tertiary/aromatic N) is 2. The summed E-state index contributed by atoms with van der Waals surface area (Å²) in [5.41, 5.74) is 1.36. The van der Waals surface area contributed by atoms with Gasteiger partial charge in [-0.05, 0) is 51.0 Å². The van der Waals surface area contributed by atoms with Crippen LogP contribution in [-0.2, 0) is 16.6 Å². The van der Waals surface area contributed by atoms with E-state index in [0.717, 1.165) is 19.5 Å². The van der Waals surface area contributed by atoms with Gasteiger partial charge in [0.25, 0.3) is 0 Å². The summed E-state index contributed by atoms with van der Waals surface area (Å²) in [5.74, 6) is 0.663. The maximum absolute atomic E-state index is 12.8. The average Bonchev–Trinajstić information content (AvgIpc) is 3.19. The predicted molar refractivity (Wildman–Crippen MR) is 127 cm³/mol. The molecule has 0 spiro atoms. The maximum atomic E-state index is 12.8. The van der Waals surface area contributed by atoms with E-state index in [-0.39, 0.29) is 10.9 Å². The first-order valence-electron chi connectivity index (χ1n) is 10.6. The van der Waals surface area contributed by atoms with Gasteiger partial charge in [-0.15, -0.1) is 0 Å². The van der Waals surface area contributed by atoms with Crippen molar-refractivity contribution in [2.75, 3.05) is 25.0 Å². The fourth-order valence-electron chi connectivity index (χ4n) is 3.69. The van der Waals surface area contributed by atoms with Gasteiger partial charge in [-0.25, -0.2) is 13.1 Å². The van der Waals surface area contributed by atoms with Gasteiger partial charge < -0.3 is 15.5 Å². The van der Waals surface area contributed by atoms with E-state index in [4.69, 9.17) is 0 Å². The molecule has 168 valence electrons. The lowest BCUT2D eigenvalue weighted by molar-refractivity contribution is 0.491. The lowest BCUT2D eigenvalue weighted by atomic mass is 10.1. The summed E-state index contributed by atoms with van der Waals surface area (Å²) in [5, 5.41) is 6.73. The number of guanidine groups is 1. The van der Waals surface area contributed by atoms with Crippen LogP contribution in [0.2, 0.25) is 0 Å². The van der Waals surface area contributed by atoms with Crippen molar-refractivity contribution in [3.8, 4) is 0 Å². The summed E-state index contributed by atoms with van der Waals surface area (Å²) in [6, 6.07) is 17.7. The first-order chi connectivity index (χ1) is 14.7. The molecule has 1 aliphatic rings. The number of aliphatic imine (C=N–C) groups is 1. The van der Waals surface area contributed by atoms with E-state index in [1.54, 1.807) is 19.2 Å². The quantitative estimate of drug-likeness (QED) is 0.472. The number of anilines is 1. The Hall–Kier alpha value is -2.58. The van der Waals surface area contributed by atoms with E-state index in [0.29, 0.717) is 18.1 Å². The van der Waals surface area contributed by atoms with Crippen molar-refractivity contribution in [1.82, 2.24) is 15.4 Å². The van der Waals surface area contributed by atoms with Gasteiger partial charge in [-0.2, -0.15) is 0 Å². The minimum absolute atomic E-state index is 0.271. The summed E-state index contributed by atoms with van der Waals surface area (Å²) >= 11 is 0. The zero-order valence-corrected chi connectivity index (χ0v) is 19.5. The summed E-state index contributed by atoms with van der Waals surface area (Å²) < 4.78 is 28.4. The van der Waals surface area contributed by atoms with Gasteiger partial charge in [0.05, 0.1) is 4.90 Å². The molecule has 8 heteroatoms. The van der Waals surface area contributed by atoms with Gasteiger partial charge in [-0.3, -0.25) is 4.99 Å². The Bertz CT molecular complexity index is 1000. The Morgan fingerprint density at radius 2 is 1.77 bits per heavy atom. The van der Waals surface area contributed by atoms with Crippen molar-refractivity contribution in [3.63, 3.8) is 0 Å². The Kier molecular flexibility index (Phi) is 7.23. The second kappa shape index (κ2) is 9.70. The summed E-state index contributed by atoms with van der Waals surface area (Å²) in [7, 11) is -1.90. The lowest BCUT2D eigenvalue weighted by Gasteiger charge is -2.22. The van der Waals surface area contributed by atoms with Gasteiger partial charge in [0, 0.05) is 44.0 Å². The fourth-order valence-corrected chi connectivity index (χ4v) is 5.35. The molecule has 7 nitrogen and oxygen atoms in total. The van der Waals surface area contributed by atoms with E-state index in [2.05, 4.69) is 49.5 Å². The van der Waals surface area contributed by atoms with Crippen LogP contribution in [0, 0.1) is 0 Å². The third kappa shape index (κ3) is 6.45. The smallest absolute Gasteiger partial charge is 0.241 e. The van der Waals surface area contributed by atoms with Gasteiger partial charge in [0.1, 0.15) is 0 Å². The molecule has 1 heterocycles. The third-order valence-corrected chi connectivity index (χ3v) is 6.88. The minimum atomic E-state index is -3.62. The number of para-hydroxylation sites is 1. The first kappa shape index (κ1) is 23.1. The van der Waals surface area contributed by atoms with E-state index >= 15 is 0 Å². The SMILES string of the molecule is CN=C(NCc1ccccc1S(=O)(=O)NC(C)(C)C)NC1CCN(c2ccccc2)C1. The van der Waals surface area contributed by atoms with Crippen molar-refractivity contribution >= 4 is 21.7 Å². The van der Waals surface area contributed by atoms with Crippen LogP contribution < -0.4 is 20.3 Å². The molecule has 2 aromatic rings. The first-order valence-corrected chi connectivity index (χ1v) is 12.1. The second-order valence-corrected chi connectivity index (χ2v) is 10.5. The monoisotopic (exact) mass is 443 g/mol. The molecule has 0 radical (unpaired) electrons. The number of rotatable bonds is 6. The molecule has 3 rings (SSSR count). The number of hydrogen-bond donors (Lipinski definition) is 3. The normalized spacial score (nSPS) is 17.6. The highest BCUT2D eigenvalue weighted by atomic mass is 32.2. The van der Waals surface area contributed by atoms with Crippen molar-refractivity contribution in [1.29, 1.82) is 0 Å². The summed E-state index contributed by atoms with van der Waals surface area (Å²) in [6.07, 6.45) is 1.01. The molecule has 3 N–H and O–H groups in total. The molecule has 0 amide bonds. The second-order valence-electron chi connectivity index (χ2n) is 8.80. The van der Waals surface area contributed by atoms with Crippen LogP contribution in [0.15, 0.2) is 64.5 Å². The van der Waals surface area contributed by atoms with Crippen LogP contribution >= 0.6 is 0 Å². The topological polar surface area (TPSA) is 85.8 Å². The van der Waals surface area contributed by atoms with Crippen LogP contribution in [0.3, 0.4) is 0 Å².